The number of nitrogens with zero attached hydrogens (tertiary/aromatic N) is 1. The van der Waals surface area contributed by atoms with E-state index >= 15 is 0 Å². The van der Waals surface area contributed by atoms with Gasteiger partial charge in [0.25, 0.3) is 11.8 Å². The predicted molar refractivity (Wildman–Crippen MR) is 123 cm³/mol. The highest BCUT2D eigenvalue weighted by Crippen LogP contribution is 2.42. The molecule has 2 N–H and O–H groups in total. The van der Waals surface area contributed by atoms with Crippen LogP contribution in [0.15, 0.2) is 75.1 Å². The van der Waals surface area contributed by atoms with Crippen molar-refractivity contribution in [3.05, 3.63) is 72.2 Å². The molecule has 0 unspecified atom stereocenters. The second-order valence-corrected chi connectivity index (χ2v) is 8.48. The van der Waals surface area contributed by atoms with Crippen molar-refractivity contribution in [2.24, 2.45) is 0 Å². The molecule has 0 saturated heterocycles. The zero-order valence-electron chi connectivity index (χ0n) is 17.8. The van der Waals surface area contributed by atoms with Gasteiger partial charge in [0.2, 0.25) is 5.91 Å². The standard InChI is InChI=1S/C24H23N3O4S/c1-3-12-27-18-11-10-16(14-21(18)32-20-9-5-4-7-17(20)24(27)30)26-22(28)15(2)25-23(29)19-8-6-13-31-19/h4-11,13-15H,3,12H2,1-2H3,(H,25,29)(H,26,28)/t15-/m1/s1. The molecule has 0 bridgehead atoms. The van der Waals surface area contributed by atoms with Gasteiger partial charge in [-0.3, -0.25) is 14.4 Å². The molecule has 0 aliphatic carbocycles. The summed E-state index contributed by atoms with van der Waals surface area (Å²) in [6.45, 7) is 4.23. The first-order chi connectivity index (χ1) is 15.5. The second-order valence-electron chi connectivity index (χ2n) is 7.40. The lowest BCUT2D eigenvalue weighted by Crippen LogP contribution is -2.41. The van der Waals surface area contributed by atoms with Gasteiger partial charge in [-0.2, -0.15) is 0 Å². The maximum absolute atomic E-state index is 13.1. The molecule has 3 aromatic rings. The van der Waals surface area contributed by atoms with Crippen LogP contribution >= 0.6 is 11.8 Å². The summed E-state index contributed by atoms with van der Waals surface area (Å²) in [5.74, 6) is -0.698. The SMILES string of the molecule is CCCN1C(=O)c2ccccc2Sc2cc(NC(=O)[C@@H](C)NC(=O)c3ccco3)ccc21. The Morgan fingerprint density at radius 2 is 1.91 bits per heavy atom. The molecule has 0 saturated carbocycles. The summed E-state index contributed by atoms with van der Waals surface area (Å²) >= 11 is 1.50. The van der Waals surface area contributed by atoms with Gasteiger partial charge in [-0.25, -0.2) is 0 Å². The summed E-state index contributed by atoms with van der Waals surface area (Å²) in [6, 6.07) is 15.4. The van der Waals surface area contributed by atoms with Gasteiger partial charge in [0.05, 0.1) is 17.5 Å². The Balaban J connectivity index is 1.55. The van der Waals surface area contributed by atoms with Crippen LogP contribution in [-0.2, 0) is 4.79 Å². The van der Waals surface area contributed by atoms with E-state index in [1.807, 2.05) is 43.3 Å². The number of rotatable bonds is 6. The van der Waals surface area contributed by atoms with Gasteiger partial charge in [0.1, 0.15) is 6.04 Å². The highest BCUT2D eigenvalue weighted by Gasteiger charge is 2.27. The zero-order chi connectivity index (χ0) is 22.7. The van der Waals surface area contributed by atoms with E-state index in [4.69, 9.17) is 4.42 Å². The van der Waals surface area contributed by atoms with Crippen molar-refractivity contribution in [2.45, 2.75) is 36.1 Å². The summed E-state index contributed by atoms with van der Waals surface area (Å²) in [7, 11) is 0. The van der Waals surface area contributed by atoms with Crippen LogP contribution in [0.1, 0.15) is 41.2 Å². The molecule has 7 nitrogen and oxygen atoms in total. The molecule has 1 aliphatic heterocycles. The van der Waals surface area contributed by atoms with E-state index in [1.54, 1.807) is 24.0 Å². The van der Waals surface area contributed by atoms with E-state index in [-0.39, 0.29) is 17.6 Å². The first-order valence-electron chi connectivity index (χ1n) is 10.4. The van der Waals surface area contributed by atoms with Crippen molar-refractivity contribution in [1.82, 2.24) is 5.32 Å². The molecular weight excluding hydrogens is 426 g/mol. The van der Waals surface area contributed by atoms with E-state index in [2.05, 4.69) is 10.6 Å². The third-order valence-electron chi connectivity index (χ3n) is 5.03. The average Bonchev–Trinajstić information content (AvgIpc) is 3.30. The summed E-state index contributed by atoms with van der Waals surface area (Å²) in [5.41, 5.74) is 2.07. The lowest BCUT2D eigenvalue weighted by molar-refractivity contribution is -0.117. The van der Waals surface area contributed by atoms with E-state index in [0.29, 0.717) is 17.8 Å². The second kappa shape index (κ2) is 9.32. The van der Waals surface area contributed by atoms with Crippen LogP contribution in [-0.4, -0.2) is 30.3 Å². The zero-order valence-corrected chi connectivity index (χ0v) is 18.6. The monoisotopic (exact) mass is 449 g/mol. The van der Waals surface area contributed by atoms with Gasteiger partial charge in [-0.1, -0.05) is 30.8 Å². The third-order valence-corrected chi connectivity index (χ3v) is 6.16. The molecule has 1 aromatic heterocycles. The minimum atomic E-state index is -0.766. The molecule has 4 rings (SSSR count). The number of nitrogens with one attached hydrogen (secondary N) is 2. The van der Waals surface area contributed by atoms with Crippen molar-refractivity contribution < 1.29 is 18.8 Å². The van der Waals surface area contributed by atoms with E-state index in [1.165, 1.54) is 24.1 Å². The van der Waals surface area contributed by atoms with Crippen molar-refractivity contribution in [2.75, 3.05) is 16.8 Å². The largest absolute Gasteiger partial charge is 0.459 e. The quantitative estimate of drug-likeness (QED) is 0.576. The molecule has 3 amide bonds. The number of furan rings is 1. The molecule has 164 valence electrons. The highest BCUT2D eigenvalue weighted by atomic mass is 32.2. The number of hydrogen-bond donors (Lipinski definition) is 2. The molecular formula is C24H23N3O4S. The summed E-state index contributed by atoms with van der Waals surface area (Å²) < 4.78 is 5.06. The topological polar surface area (TPSA) is 91.7 Å². The molecule has 0 spiro atoms. The van der Waals surface area contributed by atoms with Crippen LogP contribution in [0.3, 0.4) is 0 Å². The Kier molecular flexibility index (Phi) is 6.32. The Morgan fingerprint density at radius 3 is 2.66 bits per heavy atom. The maximum atomic E-state index is 13.1. The Hall–Kier alpha value is -3.52. The van der Waals surface area contributed by atoms with Gasteiger partial charge in [-0.05, 0) is 55.8 Å². The molecule has 1 atom stereocenters. The minimum absolute atomic E-state index is 0.0280. The van der Waals surface area contributed by atoms with Gasteiger partial charge >= 0.3 is 0 Å². The Morgan fingerprint density at radius 1 is 1.09 bits per heavy atom. The van der Waals surface area contributed by atoms with Crippen molar-refractivity contribution in [1.29, 1.82) is 0 Å². The minimum Gasteiger partial charge on any atom is -0.459 e. The van der Waals surface area contributed by atoms with Crippen LogP contribution in [0.4, 0.5) is 11.4 Å². The number of benzene rings is 2. The Bertz CT molecular complexity index is 1160. The van der Waals surface area contributed by atoms with E-state index < -0.39 is 11.9 Å². The maximum Gasteiger partial charge on any atom is 0.287 e. The van der Waals surface area contributed by atoms with Crippen LogP contribution in [0.25, 0.3) is 0 Å². The summed E-state index contributed by atoms with van der Waals surface area (Å²) in [6.07, 6.45) is 2.22. The van der Waals surface area contributed by atoms with E-state index in [0.717, 1.165) is 21.9 Å². The summed E-state index contributed by atoms with van der Waals surface area (Å²) in [4.78, 5) is 41.4. The fourth-order valence-corrected chi connectivity index (χ4v) is 4.56. The molecule has 2 aromatic carbocycles. The predicted octanol–water partition coefficient (Wildman–Crippen LogP) is 4.56. The average molecular weight is 450 g/mol. The van der Waals surface area contributed by atoms with Gasteiger partial charge in [-0.15, -0.1) is 0 Å². The number of fused-ring (bicyclic) bond motifs is 2. The molecule has 0 fully saturated rings. The smallest absolute Gasteiger partial charge is 0.287 e. The fourth-order valence-electron chi connectivity index (χ4n) is 3.44. The van der Waals surface area contributed by atoms with Crippen molar-refractivity contribution >= 4 is 40.9 Å². The number of amides is 3. The van der Waals surface area contributed by atoms with Crippen LogP contribution < -0.4 is 15.5 Å². The van der Waals surface area contributed by atoms with Gasteiger partial charge in [0, 0.05) is 22.0 Å². The Labute approximate surface area is 190 Å². The third kappa shape index (κ3) is 4.40. The lowest BCUT2D eigenvalue weighted by Gasteiger charge is -2.23. The molecule has 8 heteroatoms. The van der Waals surface area contributed by atoms with Crippen LogP contribution in [0, 0.1) is 0 Å². The number of hydrogen-bond acceptors (Lipinski definition) is 5. The number of carbonyl (C=O) groups excluding carboxylic acids is 3. The molecule has 32 heavy (non-hydrogen) atoms. The first-order valence-corrected chi connectivity index (χ1v) is 11.2. The van der Waals surface area contributed by atoms with Gasteiger partial charge in [0.15, 0.2) is 5.76 Å². The molecule has 1 aliphatic rings. The normalized spacial score (nSPS) is 13.6. The van der Waals surface area contributed by atoms with Crippen LogP contribution in [0.2, 0.25) is 0 Å². The number of carbonyl (C=O) groups is 3. The van der Waals surface area contributed by atoms with Crippen molar-refractivity contribution in [3.63, 3.8) is 0 Å². The molecule has 2 heterocycles. The highest BCUT2D eigenvalue weighted by molar-refractivity contribution is 7.99. The molecule has 0 radical (unpaired) electrons. The van der Waals surface area contributed by atoms with Gasteiger partial charge < -0.3 is 20.0 Å². The first kappa shape index (κ1) is 21.7. The lowest BCUT2D eigenvalue weighted by atomic mass is 10.1. The van der Waals surface area contributed by atoms with Crippen LogP contribution in [0.5, 0.6) is 0 Å². The fraction of sp³-hybridized carbons (Fsp3) is 0.208. The van der Waals surface area contributed by atoms with E-state index in [9.17, 15) is 14.4 Å². The summed E-state index contributed by atoms with van der Waals surface area (Å²) in [5, 5.41) is 5.46. The number of anilines is 2. The van der Waals surface area contributed by atoms with Crippen molar-refractivity contribution in [3.8, 4) is 0 Å².